The van der Waals surface area contributed by atoms with E-state index in [9.17, 15) is 24.0 Å². The number of nitrogens with zero attached hydrogens (tertiary/aromatic N) is 1. The van der Waals surface area contributed by atoms with Crippen LogP contribution in [0.25, 0.3) is 0 Å². The molecular weight excluding hydrogens is 953 g/mol. The highest BCUT2D eigenvalue weighted by molar-refractivity contribution is 5.71. The van der Waals surface area contributed by atoms with Gasteiger partial charge in [0.05, 0.1) is 18.9 Å². The number of carbonyl (C=O) groups excluding carboxylic acids is 5. The molecule has 2 atom stereocenters. The van der Waals surface area contributed by atoms with Crippen LogP contribution in [0, 0.1) is 11.8 Å². The zero-order valence-electron chi connectivity index (χ0n) is 48.4. The van der Waals surface area contributed by atoms with Gasteiger partial charge in [0.1, 0.15) is 25.9 Å². The van der Waals surface area contributed by atoms with Gasteiger partial charge in [0.2, 0.25) is 0 Å². The van der Waals surface area contributed by atoms with E-state index in [1.807, 2.05) is 0 Å². The number of alkyl carbamates (subject to hydrolysis) is 1. The minimum atomic E-state index is -0.608. The number of rotatable bonds is 52. The lowest BCUT2D eigenvalue weighted by molar-refractivity contribution is -0.162. The average Bonchev–Trinajstić information content (AvgIpc) is 3.93. The Morgan fingerprint density at radius 3 is 1.51 bits per heavy atom. The molecule has 0 bridgehead atoms. The molecule has 1 N–H and O–H groups in total. The summed E-state index contributed by atoms with van der Waals surface area (Å²) in [6.07, 6.45) is 35.8. The topological polar surface area (TPSA) is 165 Å². The lowest BCUT2D eigenvalue weighted by atomic mass is 9.92. The van der Waals surface area contributed by atoms with E-state index in [2.05, 4.69) is 69.1 Å². The molecule has 75 heavy (non-hydrogen) atoms. The van der Waals surface area contributed by atoms with Crippen molar-refractivity contribution in [2.75, 3.05) is 65.8 Å². The van der Waals surface area contributed by atoms with E-state index in [1.165, 1.54) is 64.2 Å². The van der Waals surface area contributed by atoms with Crippen LogP contribution in [0.4, 0.5) is 4.79 Å². The summed E-state index contributed by atoms with van der Waals surface area (Å²) < 4.78 is 40.7. The largest absolute Gasteiger partial charge is 0.466 e. The van der Waals surface area contributed by atoms with Crippen LogP contribution in [0.3, 0.4) is 0 Å². The van der Waals surface area contributed by atoms with Crippen LogP contribution in [0.1, 0.15) is 247 Å². The number of likely N-dealkylation sites (tertiary alicyclic amines) is 1. The third-order valence-corrected chi connectivity index (χ3v) is 13.7. The van der Waals surface area contributed by atoms with Gasteiger partial charge >= 0.3 is 30.0 Å². The van der Waals surface area contributed by atoms with Crippen molar-refractivity contribution < 1.29 is 57.1 Å². The van der Waals surface area contributed by atoms with Gasteiger partial charge in [0.15, 0.2) is 6.29 Å². The van der Waals surface area contributed by atoms with E-state index < -0.39 is 42.3 Å². The Labute approximate surface area is 456 Å². The van der Waals surface area contributed by atoms with Gasteiger partial charge in [-0.05, 0) is 122 Å². The Morgan fingerprint density at radius 2 is 0.960 bits per heavy atom. The van der Waals surface area contributed by atoms with Crippen molar-refractivity contribution in [3.8, 4) is 0 Å². The minimum Gasteiger partial charge on any atom is -0.466 e. The van der Waals surface area contributed by atoms with Crippen LogP contribution in [0.5, 0.6) is 0 Å². The normalized spacial score (nSPS) is 13.7. The van der Waals surface area contributed by atoms with E-state index in [1.54, 1.807) is 0 Å². The fraction of sp³-hybridized carbons (Fsp3) is 0.852. The summed E-state index contributed by atoms with van der Waals surface area (Å²) >= 11 is 0. The van der Waals surface area contributed by atoms with Crippen molar-refractivity contribution in [2.24, 2.45) is 11.8 Å². The molecule has 2 unspecified atom stereocenters. The van der Waals surface area contributed by atoms with Crippen molar-refractivity contribution in [1.82, 2.24) is 10.2 Å². The molecule has 1 rings (SSSR count). The Morgan fingerprint density at radius 1 is 0.467 bits per heavy atom. The number of allylic oxidation sites excluding steroid dienone is 4. The van der Waals surface area contributed by atoms with Gasteiger partial charge in [0.25, 0.3) is 0 Å². The Bertz CT molecular complexity index is 1420. The number of unbranched alkanes of at least 4 members (excludes halogenated alkanes) is 13. The smallest absolute Gasteiger partial charge is 0.407 e. The third-order valence-electron chi connectivity index (χ3n) is 13.7. The molecule has 0 aromatic carbocycles. The number of ether oxygens (including phenoxy) is 7. The number of hydrogen-bond donors (Lipinski definition) is 1. The van der Waals surface area contributed by atoms with Gasteiger partial charge in [-0.25, -0.2) is 4.79 Å². The van der Waals surface area contributed by atoms with Crippen LogP contribution < -0.4 is 5.32 Å². The van der Waals surface area contributed by atoms with E-state index in [0.717, 1.165) is 103 Å². The van der Waals surface area contributed by atoms with Gasteiger partial charge in [-0.1, -0.05) is 136 Å². The van der Waals surface area contributed by atoms with Crippen LogP contribution in [-0.2, 0) is 52.3 Å². The van der Waals surface area contributed by atoms with Gasteiger partial charge in [-0.15, -0.1) is 0 Å². The lowest BCUT2D eigenvalue weighted by Crippen LogP contribution is -2.35. The molecule has 0 radical (unpaired) electrons. The number of carbonyl (C=O) groups is 5. The summed E-state index contributed by atoms with van der Waals surface area (Å²) in [5.41, 5.74) is 0. The predicted octanol–water partition coefficient (Wildman–Crippen LogP) is 14.2. The molecule has 1 heterocycles. The first-order valence-corrected chi connectivity index (χ1v) is 30.5. The first-order valence-electron chi connectivity index (χ1n) is 30.5. The van der Waals surface area contributed by atoms with Crippen LogP contribution in [-0.4, -0.2) is 113 Å². The summed E-state index contributed by atoms with van der Waals surface area (Å²) in [5.74, 6) is -1.55. The zero-order chi connectivity index (χ0) is 54.7. The zero-order valence-corrected chi connectivity index (χ0v) is 48.4. The molecule has 1 amide bonds. The fourth-order valence-electron chi connectivity index (χ4n) is 8.95. The van der Waals surface area contributed by atoms with E-state index in [4.69, 9.17) is 33.2 Å². The molecule has 1 aliphatic rings. The van der Waals surface area contributed by atoms with E-state index in [0.29, 0.717) is 77.2 Å². The SMILES string of the molecule is CC/C=C\CCCCOC(CCC(=O)OCC(COC(=O)CCCCCC(=O)OCCC(CCCCC)CCCCC)COC(=O)CCC(CCCCCC)OC(=O)NCCN1CCCC1)OCCCC/C=C\CC. The maximum atomic E-state index is 13.2. The Kier molecular flexibility index (Phi) is 47.5. The third kappa shape index (κ3) is 44.2. The second-order valence-corrected chi connectivity index (χ2v) is 20.7. The number of hydrogen-bond acceptors (Lipinski definition) is 13. The summed E-state index contributed by atoms with van der Waals surface area (Å²) in [6.45, 7) is 15.4. The summed E-state index contributed by atoms with van der Waals surface area (Å²) in [4.78, 5) is 67.0. The quantitative estimate of drug-likeness (QED) is 0.0201. The molecule has 436 valence electrons. The minimum absolute atomic E-state index is 0.0320. The maximum Gasteiger partial charge on any atom is 0.407 e. The van der Waals surface area contributed by atoms with E-state index in [-0.39, 0.29) is 45.1 Å². The molecule has 1 fully saturated rings. The van der Waals surface area contributed by atoms with Crippen LogP contribution in [0.15, 0.2) is 24.3 Å². The predicted molar refractivity (Wildman–Crippen MR) is 300 cm³/mol. The van der Waals surface area contributed by atoms with Gasteiger partial charge in [-0.2, -0.15) is 0 Å². The lowest BCUT2D eigenvalue weighted by Gasteiger charge is -2.20. The number of nitrogens with one attached hydrogen (secondary N) is 1. The molecule has 1 aliphatic heterocycles. The summed E-state index contributed by atoms with van der Waals surface area (Å²) in [7, 11) is 0. The second-order valence-electron chi connectivity index (χ2n) is 20.7. The highest BCUT2D eigenvalue weighted by Crippen LogP contribution is 2.22. The molecular formula is C61H110N2O12. The molecule has 0 aromatic heterocycles. The van der Waals surface area contributed by atoms with Gasteiger partial charge < -0.3 is 43.4 Å². The second kappa shape index (κ2) is 51.3. The Hall–Kier alpha value is -3.49. The molecule has 0 saturated carbocycles. The van der Waals surface area contributed by atoms with Crippen LogP contribution >= 0.6 is 0 Å². The van der Waals surface area contributed by atoms with Gasteiger partial charge in [0, 0.05) is 52.0 Å². The van der Waals surface area contributed by atoms with Crippen LogP contribution in [0.2, 0.25) is 0 Å². The van der Waals surface area contributed by atoms with Crippen molar-refractivity contribution in [3.63, 3.8) is 0 Å². The van der Waals surface area contributed by atoms with Crippen molar-refractivity contribution in [1.29, 1.82) is 0 Å². The van der Waals surface area contributed by atoms with Gasteiger partial charge in [-0.3, -0.25) is 19.2 Å². The van der Waals surface area contributed by atoms with Crippen molar-refractivity contribution in [2.45, 2.75) is 259 Å². The van der Waals surface area contributed by atoms with Crippen molar-refractivity contribution >= 4 is 30.0 Å². The average molecular weight is 1060 g/mol. The molecule has 14 heteroatoms. The standard InChI is InChI=1S/C61H110N2O12/c1-6-11-16-19-21-31-47-70-60(71-48-32-22-20-17-12-7-2)41-40-59(67)74-52-54(50-72-57(65)37-28-23-27-36-56(64)69-49-42-53(33-24-14-9-4)34-25-15-10-5)51-73-58(66)39-38-55(35-26-18-13-8-3)75-61(68)62-43-46-63-44-29-30-45-63/h11-12,16-17,53-55,60H,6-10,13-15,18-52H2,1-5H3,(H,62,68)/b16-11-,17-12-. The molecule has 0 spiro atoms. The summed E-state index contributed by atoms with van der Waals surface area (Å²) in [5, 5.41) is 2.87. The fourth-order valence-corrected chi connectivity index (χ4v) is 8.95. The monoisotopic (exact) mass is 1060 g/mol. The Balaban J connectivity index is 2.80. The number of amides is 1. The van der Waals surface area contributed by atoms with E-state index >= 15 is 0 Å². The first-order chi connectivity index (χ1) is 36.6. The molecule has 0 aliphatic carbocycles. The molecule has 1 saturated heterocycles. The molecule has 14 nitrogen and oxygen atoms in total. The highest BCUT2D eigenvalue weighted by Gasteiger charge is 2.22. The summed E-state index contributed by atoms with van der Waals surface area (Å²) in [6, 6.07) is 0. The highest BCUT2D eigenvalue weighted by atomic mass is 16.7. The van der Waals surface area contributed by atoms with Crippen molar-refractivity contribution in [3.05, 3.63) is 24.3 Å². The first kappa shape index (κ1) is 69.5. The number of esters is 4. The maximum absolute atomic E-state index is 13.2. The molecule has 0 aromatic rings.